The lowest BCUT2D eigenvalue weighted by atomic mass is 10.1. The number of rotatable bonds is 3. The number of carbonyl (C=O) groups is 1. The summed E-state index contributed by atoms with van der Waals surface area (Å²) in [6, 6.07) is 5.46. The van der Waals surface area contributed by atoms with Crippen LogP contribution in [0.5, 0.6) is 0 Å². The lowest BCUT2D eigenvalue weighted by Crippen LogP contribution is -2.59. The Kier molecular flexibility index (Phi) is 3.12. The van der Waals surface area contributed by atoms with Crippen LogP contribution in [0.15, 0.2) is 24.4 Å². The summed E-state index contributed by atoms with van der Waals surface area (Å²) in [4.78, 5) is 18.0. The third-order valence-electron chi connectivity index (χ3n) is 2.90. The minimum atomic E-state index is -0.126. The molecule has 0 spiro atoms. The molecule has 1 N–H and O–H groups in total. The predicted molar refractivity (Wildman–Crippen MR) is 72.4 cm³/mol. The smallest absolute Gasteiger partial charge is 0.270 e. The molecule has 1 fully saturated rings. The molecule has 0 bridgehead atoms. The first kappa shape index (κ1) is 12.0. The van der Waals surface area contributed by atoms with E-state index in [2.05, 4.69) is 25.4 Å². The highest BCUT2D eigenvalue weighted by atomic mass is 32.1. The van der Waals surface area contributed by atoms with Crippen LogP contribution < -0.4 is 10.2 Å². The molecule has 6 nitrogen and oxygen atoms in total. The Bertz CT molecular complexity index is 579. The van der Waals surface area contributed by atoms with Gasteiger partial charge in [0.25, 0.3) is 5.91 Å². The molecule has 98 valence electrons. The fraction of sp³-hybridized carbons (Fsp3) is 0.333. The lowest BCUT2D eigenvalue weighted by molar-refractivity contribution is 0.0925. The van der Waals surface area contributed by atoms with Gasteiger partial charge in [-0.15, -0.1) is 10.2 Å². The van der Waals surface area contributed by atoms with Crippen molar-refractivity contribution in [3.05, 3.63) is 35.1 Å². The highest BCUT2D eigenvalue weighted by Gasteiger charge is 2.30. The summed E-state index contributed by atoms with van der Waals surface area (Å²) in [7, 11) is 0. The molecule has 2 aromatic rings. The molecule has 3 rings (SSSR count). The van der Waals surface area contributed by atoms with Gasteiger partial charge in [-0.1, -0.05) is 17.4 Å². The van der Waals surface area contributed by atoms with Gasteiger partial charge in [0.05, 0.1) is 6.04 Å². The maximum atomic E-state index is 11.9. The van der Waals surface area contributed by atoms with Gasteiger partial charge in [0, 0.05) is 19.3 Å². The molecular weight excluding hydrogens is 262 g/mol. The Balaban J connectivity index is 1.53. The number of hydrogen-bond donors (Lipinski definition) is 1. The van der Waals surface area contributed by atoms with Crippen LogP contribution in [0.4, 0.5) is 5.13 Å². The Morgan fingerprint density at radius 1 is 1.42 bits per heavy atom. The van der Waals surface area contributed by atoms with Crippen molar-refractivity contribution in [3.63, 3.8) is 0 Å². The van der Waals surface area contributed by atoms with E-state index in [1.54, 1.807) is 35.7 Å². The number of nitrogens with one attached hydrogen (secondary N) is 1. The van der Waals surface area contributed by atoms with Crippen molar-refractivity contribution in [1.82, 2.24) is 20.5 Å². The molecule has 1 aliphatic rings. The number of anilines is 1. The topological polar surface area (TPSA) is 71.0 Å². The number of carbonyl (C=O) groups excluding carboxylic acids is 1. The van der Waals surface area contributed by atoms with Crippen LogP contribution in [-0.2, 0) is 0 Å². The molecule has 0 unspecified atom stereocenters. The molecule has 2 aromatic heterocycles. The van der Waals surface area contributed by atoms with Gasteiger partial charge in [-0.05, 0) is 19.1 Å². The second kappa shape index (κ2) is 4.93. The normalized spacial score (nSPS) is 15.1. The zero-order valence-corrected chi connectivity index (χ0v) is 11.2. The number of hydrogen-bond acceptors (Lipinski definition) is 6. The molecule has 0 saturated carbocycles. The van der Waals surface area contributed by atoms with Crippen molar-refractivity contribution in [2.24, 2.45) is 0 Å². The van der Waals surface area contributed by atoms with Gasteiger partial charge in [-0.2, -0.15) is 0 Å². The van der Waals surface area contributed by atoms with E-state index in [1.165, 1.54) is 0 Å². The highest BCUT2D eigenvalue weighted by molar-refractivity contribution is 7.15. The zero-order chi connectivity index (χ0) is 13.2. The average molecular weight is 275 g/mol. The Hall–Kier alpha value is -2.02. The Morgan fingerprint density at radius 3 is 2.89 bits per heavy atom. The molecule has 1 saturated heterocycles. The van der Waals surface area contributed by atoms with Crippen molar-refractivity contribution < 1.29 is 4.79 Å². The molecular formula is C12H13N5OS. The second-order valence-corrected chi connectivity index (χ2v) is 5.55. The fourth-order valence-electron chi connectivity index (χ4n) is 1.90. The summed E-state index contributed by atoms with van der Waals surface area (Å²) in [6.07, 6.45) is 1.62. The van der Waals surface area contributed by atoms with E-state index in [0.29, 0.717) is 5.69 Å². The summed E-state index contributed by atoms with van der Waals surface area (Å²) in [5.41, 5.74) is 0.452. The van der Waals surface area contributed by atoms with E-state index >= 15 is 0 Å². The van der Waals surface area contributed by atoms with Gasteiger partial charge < -0.3 is 10.2 Å². The van der Waals surface area contributed by atoms with E-state index in [1.807, 2.05) is 6.92 Å². The van der Waals surface area contributed by atoms with E-state index < -0.39 is 0 Å². The predicted octanol–water partition coefficient (Wildman–Crippen LogP) is 0.860. The monoisotopic (exact) mass is 275 g/mol. The summed E-state index contributed by atoms with van der Waals surface area (Å²) < 4.78 is 0. The van der Waals surface area contributed by atoms with E-state index in [9.17, 15) is 4.79 Å². The highest BCUT2D eigenvalue weighted by Crippen LogP contribution is 2.24. The maximum Gasteiger partial charge on any atom is 0.270 e. The molecule has 1 amide bonds. The quantitative estimate of drug-likeness (QED) is 0.899. The Morgan fingerprint density at radius 2 is 2.26 bits per heavy atom. The third kappa shape index (κ3) is 2.55. The average Bonchev–Trinajstić information content (AvgIpc) is 2.80. The van der Waals surface area contributed by atoms with Crippen LogP contribution in [0.3, 0.4) is 0 Å². The first-order chi connectivity index (χ1) is 9.22. The molecule has 0 aliphatic carbocycles. The van der Waals surface area contributed by atoms with Crippen molar-refractivity contribution in [3.8, 4) is 0 Å². The number of aromatic nitrogens is 3. The summed E-state index contributed by atoms with van der Waals surface area (Å²) in [5.74, 6) is -0.126. The summed E-state index contributed by atoms with van der Waals surface area (Å²) in [5, 5.41) is 12.9. The summed E-state index contributed by atoms with van der Waals surface area (Å²) in [6.45, 7) is 3.47. The van der Waals surface area contributed by atoms with Gasteiger partial charge in [0.15, 0.2) is 0 Å². The van der Waals surface area contributed by atoms with Gasteiger partial charge in [-0.3, -0.25) is 9.78 Å². The minimum absolute atomic E-state index is 0.126. The number of pyridine rings is 1. The summed E-state index contributed by atoms with van der Waals surface area (Å²) >= 11 is 1.57. The van der Waals surface area contributed by atoms with Crippen molar-refractivity contribution in [2.75, 3.05) is 18.0 Å². The number of aryl methyl sites for hydroxylation is 1. The maximum absolute atomic E-state index is 11.9. The van der Waals surface area contributed by atoms with Gasteiger partial charge in [-0.25, -0.2) is 0 Å². The largest absolute Gasteiger partial charge is 0.344 e. The fourth-order valence-corrected chi connectivity index (χ4v) is 2.60. The zero-order valence-electron chi connectivity index (χ0n) is 10.4. The third-order valence-corrected chi connectivity index (χ3v) is 3.80. The lowest BCUT2D eigenvalue weighted by Gasteiger charge is -2.38. The second-order valence-electron chi connectivity index (χ2n) is 4.39. The minimum Gasteiger partial charge on any atom is -0.344 e. The van der Waals surface area contributed by atoms with E-state index in [0.717, 1.165) is 23.2 Å². The molecule has 0 atom stereocenters. The van der Waals surface area contributed by atoms with Gasteiger partial charge in [0.2, 0.25) is 5.13 Å². The standard InChI is InChI=1S/C12H13N5OS/c1-8-15-16-12(19-8)17-6-9(7-17)14-11(18)10-4-2-3-5-13-10/h2-5,9H,6-7H2,1H3,(H,14,18). The first-order valence-electron chi connectivity index (χ1n) is 5.99. The van der Waals surface area contributed by atoms with Crippen LogP contribution in [0.25, 0.3) is 0 Å². The number of nitrogens with zero attached hydrogens (tertiary/aromatic N) is 4. The molecule has 0 radical (unpaired) electrons. The van der Waals surface area contributed by atoms with Crippen LogP contribution in [0.1, 0.15) is 15.5 Å². The molecule has 3 heterocycles. The molecule has 19 heavy (non-hydrogen) atoms. The van der Waals surface area contributed by atoms with Gasteiger partial charge >= 0.3 is 0 Å². The van der Waals surface area contributed by atoms with Crippen LogP contribution in [0, 0.1) is 6.92 Å². The SMILES string of the molecule is Cc1nnc(N2CC(NC(=O)c3ccccn3)C2)s1. The molecule has 7 heteroatoms. The Labute approximate surface area is 114 Å². The van der Waals surface area contributed by atoms with E-state index in [-0.39, 0.29) is 11.9 Å². The van der Waals surface area contributed by atoms with Gasteiger partial charge in [0.1, 0.15) is 10.7 Å². The van der Waals surface area contributed by atoms with Crippen LogP contribution in [-0.4, -0.2) is 40.2 Å². The molecule has 1 aliphatic heterocycles. The molecule has 0 aromatic carbocycles. The van der Waals surface area contributed by atoms with Crippen LogP contribution in [0.2, 0.25) is 0 Å². The van der Waals surface area contributed by atoms with Crippen molar-refractivity contribution in [1.29, 1.82) is 0 Å². The van der Waals surface area contributed by atoms with Crippen LogP contribution >= 0.6 is 11.3 Å². The van der Waals surface area contributed by atoms with Crippen molar-refractivity contribution >= 4 is 22.4 Å². The number of amides is 1. The van der Waals surface area contributed by atoms with Crippen molar-refractivity contribution in [2.45, 2.75) is 13.0 Å². The van der Waals surface area contributed by atoms with E-state index in [4.69, 9.17) is 0 Å². The first-order valence-corrected chi connectivity index (χ1v) is 6.81.